The number of rotatable bonds is 2. The van der Waals surface area contributed by atoms with Crippen molar-refractivity contribution < 1.29 is 13.2 Å². The molecular formula is C16H18F2N2O. The normalized spacial score (nSPS) is 22.6. The van der Waals surface area contributed by atoms with Gasteiger partial charge in [0.15, 0.2) is 5.58 Å². The molecule has 1 saturated carbocycles. The van der Waals surface area contributed by atoms with Crippen LogP contribution in [0.25, 0.3) is 11.1 Å². The molecule has 0 bridgehead atoms. The predicted molar refractivity (Wildman–Crippen MR) is 78.3 cm³/mol. The summed E-state index contributed by atoms with van der Waals surface area (Å²) in [6, 6.07) is 7.72. The lowest BCUT2D eigenvalue weighted by Crippen LogP contribution is -2.32. The van der Waals surface area contributed by atoms with Crippen molar-refractivity contribution in [2.45, 2.75) is 39.0 Å². The average molecular weight is 292 g/mol. The molecule has 1 fully saturated rings. The molecule has 0 aliphatic heterocycles. The van der Waals surface area contributed by atoms with Gasteiger partial charge < -0.3 is 9.73 Å². The molecule has 0 saturated heterocycles. The van der Waals surface area contributed by atoms with Gasteiger partial charge in [-0.1, -0.05) is 26.0 Å². The van der Waals surface area contributed by atoms with Gasteiger partial charge in [0.2, 0.25) is 0 Å². The summed E-state index contributed by atoms with van der Waals surface area (Å²) in [7, 11) is 0. The van der Waals surface area contributed by atoms with E-state index in [2.05, 4.69) is 10.3 Å². The summed E-state index contributed by atoms with van der Waals surface area (Å²) in [5.41, 5.74) is 1.72. The molecule has 1 aliphatic rings. The largest absolute Gasteiger partial charge is 0.423 e. The Morgan fingerprint density at radius 3 is 2.71 bits per heavy atom. The summed E-state index contributed by atoms with van der Waals surface area (Å²) in [6.07, 6.45) is 1.99. The number of para-hydroxylation sites is 2. The van der Waals surface area contributed by atoms with E-state index in [1.54, 1.807) is 6.20 Å². The Bertz CT molecular complexity index is 637. The third kappa shape index (κ3) is 3.23. The third-order valence-corrected chi connectivity index (χ3v) is 3.62. The first-order valence-corrected chi connectivity index (χ1v) is 7.01. The fourth-order valence-corrected chi connectivity index (χ4v) is 3.03. The highest BCUT2D eigenvalue weighted by Gasteiger charge is 2.42. The number of hydrogen-bond donors (Lipinski definition) is 1. The minimum absolute atomic E-state index is 0.0692. The van der Waals surface area contributed by atoms with Crippen molar-refractivity contribution in [1.82, 2.24) is 4.98 Å². The van der Waals surface area contributed by atoms with Gasteiger partial charge in [-0.05, 0) is 29.5 Å². The second kappa shape index (κ2) is 4.83. The molecule has 3 rings (SSSR count). The van der Waals surface area contributed by atoms with Crippen LogP contribution in [0, 0.1) is 5.41 Å². The van der Waals surface area contributed by atoms with Gasteiger partial charge in [0.1, 0.15) is 5.52 Å². The molecule has 0 radical (unpaired) electrons. The molecule has 1 N–H and O–H groups in total. The van der Waals surface area contributed by atoms with Crippen molar-refractivity contribution in [2.24, 2.45) is 5.41 Å². The van der Waals surface area contributed by atoms with E-state index in [1.807, 2.05) is 38.1 Å². The van der Waals surface area contributed by atoms with Gasteiger partial charge in [0.05, 0.1) is 0 Å². The van der Waals surface area contributed by atoms with Crippen molar-refractivity contribution in [3.63, 3.8) is 0 Å². The van der Waals surface area contributed by atoms with Crippen LogP contribution in [0.3, 0.4) is 0 Å². The van der Waals surface area contributed by atoms with Crippen LogP contribution in [-0.4, -0.2) is 10.9 Å². The van der Waals surface area contributed by atoms with Gasteiger partial charge in [0.25, 0.3) is 11.9 Å². The average Bonchev–Trinajstić information content (AvgIpc) is 2.75. The van der Waals surface area contributed by atoms with Crippen molar-refractivity contribution in [2.75, 3.05) is 5.32 Å². The summed E-state index contributed by atoms with van der Waals surface area (Å²) >= 11 is 0. The van der Waals surface area contributed by atoms with Gasteiger partial charge in [-0.3, -0.25) is 0 Å². The maximum absolute atomic E-state index is 13.7. The number of allylic oxidation sites excluding steroid dienone is 1. The van der Waals surface area contributed by atoms with Crippen molar-refractivity contribution in [3.8, 4) is 0 Å². The van der Waals surface area contributed by atoms with Crippen molar-refractivity contribution in [1.29, 1.82) is 0 Å². The van der Waals surface area contributed by atoms with Crippen LogP contribution in [0.1, 0.15) is 33.1 Å². The lowest BCUT2D eigenvalue weighted by atomic mass is 9.73. The molecule has 3 nitrogen and oxygen atoms in total. The molecule has 2 aromatic rings. The summed E-state index contributed by atoms with van der Waals surface area (Å²) in [5, 5.41) is 2.91. The molecule has 112 valence electrons. The Kier molecular flexibility index (Phi) is 3.23. The summed E-state index contributed by atoms with van der Waals surface area (Å²) in [6.45, 7) is 3.74. The Balaban J connectivity index is 1.78. The second-order valence-electron chi connectivity index (χ2n) is 6.48. The Hall–Kier alpha value is -1.91. The number of nitrogens with zero attached hydrogens (tertiary/aromatic N) is 1. The van der Waals surface area contributed by atoms with Gasteiger partial charge in [0, 0.05) is 19.0 Å². The fourth-order valence-electron chi connectivity index (χ4n) is 3.03. The van der Waals surface area contributed by atoms with Crippen LogP contribution < -0.4 is 5.32 Å². The molecule has 1 aromatic heterocycles. The van der Waals surface area contributed by atoms with Crippen LogP contribution in [0.4, 0.5) is 14.8 Å². The molecular weight excluding hydrogens is 274 g/mol. The number of anilines is 1. The number of benzene rings is 1. The molecule has 1 aliphatic carbocycles. The second-order valence-corrected chi connectivity index (χ2v) is 6.48. The maximum atomic E-state index is 13.7. The first-order chi connectivity index (χ1) is 9.83. The number of alkyl halides is 2. The monoisotopic (exact) mass is 292 g/mol. The number of fused-ring (bicyclic) bond motifs is 1. The van der Waals surface area contributed by atoms with Gasteiger partial charge in [-0.15, -0.1) is 0 Å². The summed E-state index contributed by atoms with van der Waals surface area (Å²) in [5.74, 6) is -2.64. The van der Waals surface area contributed by atoms with E-state index in [9.17, 15) is 8.78 Å². The minimum atomic E-state index is -2.64. The fraction of sp³-hybridized carbons (Fsp3) is 0.438. The molecule has 1 aromatic carbocycles. The van der Waals surface area contributed by atoms with E-state index in [4.69, 9.17) is 4.42 Å². The standard InChI is InChI=1S/C16H18F2N2O/c1-15(2)7-11(8-16(17,18)10-15)9-19-14-20-12-5-3-4-6-13(12)21-14/h3-6,9H,7-8,10H2,1-2H3,(H,19,20)/b11-9+. The third-order valence-electron chi connectivity index (χ3n) is 3.62. The molecule has 21 heavy (non-hydrogen) atoms. The highest BCUT2D eigenvalue weighted by atomic mass is 19.3. The van der Waals surface area contributed by atoms with E-state index in [0.29, 0.717) is 23.6 Å². The van der Waals surface area contributed by atoms with Crippen molar-refractivity contribution in [3.05, 3.63) is 36.0 Å². The summed E-state index contributed by atoms with van der Waals surface area (Å²) < 4.78 is 33.0. The first-order valence-electron chi connectivity index (χ1n) is 7.01. The quantitative estimate of drug-likeness (QED) is 0.849. The van der Waals surface area contributed by atoms with Gasteiger partial charge in [-0.25, -0.2) is 8.78 Å². The van der Waals surface area contributed by atoms with Gasteiger partial charge >= 0.3 is 0 Å². The zero-order valence-electron chi connectivity index (χ0n) is 12.1. The molecule has 0 amide bonds. The Morgan fingerprint density at radius 2 is 2.00 bits per heavy atom. The number of hydrogen-bond acceptors (Lipinski definition) is 3. The van der Waals surface area contributed by atoms with E-state index in [0.717, 1.165) is 5.52 Å². The predicted octanol–water partition coefficient (Wildman–Crippen LogP) is 4.97. The number of aromatic nitrogens is 1. The summed E-state index contributed by atoms with van der Waals surface area (Å²) in [4.78, 5) is 4.26. The van der Waals surface area contributed by atoms with E-state index in [-0.39, 0.29) is 12.8 Å². The first kappa shape index (κ1) is 14.0. The lowest BCUT2D eigenvalue weighted by molar-refractivity contribution is -0.0549. The Labute approximate surface area is 122 Å². The van der Waals surface area contributed by atoms with Crippen molar-refractivity contribution >= 4 is 17.1 Å². The van der Waals surface area contributed by atoms with Gasteiger partial charge in [-0.2, -0.15) is 4.98 Å². The van der Waals surface area contributed by atoms with Crippen LogP contribution >= 0.6 is 0 Å². The molecule has 5 heteroatoms. The van der Waals surface area contributed by atoms with E-state index in [1.165, 1.54) is 0 Å². The van der Waals surface area contributed by atoms with Crippen LogP contribution in [0.5, 0.6) is 0 Å². The smallest absolute Gasteiger partial charge is 0.299 e. The molecule has 0 atom stereocenters. The van der Waals surface area contributed by atoms with Crippen LogP contribution in [0.2, 0.25) is 0 Å². The van der Waals surface area contributed by atoms with E-state index >= 15 is 0 Å². The highest BCUT2D eigenvalue weighted by molar-refractivity contribution is 5.74. The number of halogens is 2. The SMILES string of the molecule is CC1(C)C/C(=C\Nc2nc3ccccc3o2)CC(F)(F)C1. The molecule has 0 spiro atoms. The number of oxazole rings is 1. The highest BCUT2D eigenvalue weighted by Crippen LogP contribution is 2.46. The molecule has 0 unspecified atom stereocenters. The lowest BCUT2D eigenvalue weighted by Gasteiger charge is -2.36. The minimum Gasteiger partial charge on any atom is -0.423 e. The maximum Gasteiger partial charge on any atom is 0.299 e. The number of nitrogens with one attached hydrogen (secondary N) is 1. The zero-order chi connectivity index (χ0) is 15.1. The topological polar surface area (TPSA) is 38.1 Å². The van der Waals surface area contributed by atoms with E-state index < -0.39 is 11.3 Å². The molecule has 1 heterocycles. The van der Waals surface area contributed by atoms with Crippen LogP contribution in [0.15, 0.2) is 40.5 Å². The van der Waals surface area contributed by atoms with Crippen LogP contribution in [-0.2, 0) is 0 Å². The zero-order valence-corrected chi connectivity index (χ0v) is 12.1. The Morgan fingerprint density at radius 1 is 1.24 bits per heavy atom.